The number of anilines is 1. The molecule has 27 heavy (non-hydrogen) atoms. The third kappa shape index (κ3) is 5.62. The molecule has 7 heteroatoms. The lowest BCUT2D eigenvalue weighted by Gasteiger charge is -2.18. The number of carbonyl (C=O) groups excluding carboxylic acids is 2. The molecule has 0 aliphatic heterocycles. The van der Waals surface area contributed by atoms with E-state index in [9.17, 15) is 9.59 Å². The van der Waals surface area contributed by atoms with E-state index in [1.807, 2.05) is 6.92 Å². The van der Waals surface area contributed by atoms with Crippen LogP contribution in [-0.4, -0.2) is 31.7 Å². The van der Waals surface area contributed by atoms with Crippen molar-refractivity contribution in [3.63, 3.8) is 0 Å². The van der Waals surface area contributed by atoms with Gasteiger partial charge in [0.05, 0.1) is 24.3 Å². The molecule has 2 rings (SSSR count). The van der Waals surface area contributed by atoms with Crippen LogP contribution < -0.4 is 14.8 Å². The predicted molar refractivity (Wildman–Crippen MR) is 104 cm³/mol. The third-order valence-electron chi connectivity index (χ3n) is 3.73. The molecule has 0 aromatic heterocycles. The van der Waals surface area contributed by atoms with Gasteiger partial charge in [0.2, 0.25) is 0 Å². The Bertz CT molecular complexity index is 791. The number of nitrogens with one attached hydrogen (secondary N) is 1. The standard InChI is InChI=1S/C20H22ClNO5/c1-4-18(27-15-9-7-14(25-3)8-10-15)19(23)22-13-6-11-16(17(21)12-13)20(24)26-5-2/h6-12,18H,4-5H2,1-3H3,(H,22,23)/t18-/m0/s1. The molecule has 0 unspecified atom stereocenters. The summed E-state index contributed by atoms with van der Waals surface area (Å²) in [6, 6.07) is 11.6. The zero-order valence-corrected chi connectivity index (χ0v) is 16.2. The largest absolute Gasteiger partial charge is 0.497 e. The van der Waals surface area contributed by atoms with E-state index < -0.39 is 12.1 Å². The molecule has 0 saturated carbocycles. The second kappa shape index (κ2) is 9.83. The van der Waals surface area contributed by atoms with Crippen molar-refractivity contribution in [1.29, 1.82) is 0 Å². The van der Waals surface area contributed by atoms with Crippen LogP contribution in [0.25, 0.3) is 0 Å². The molecule has 2 aromatic carbocycles. The summed E-state index contributed by atoms with van der Waals surface area (Å²) in [4.78, 5) is 24.3. The Morgan fingerprint density at radius 2 is 1.74 bits per heavy atom. The van der Waals surface area contributed by atoms with Crippen molar-refractivity contribution >= 4 is 29.2 Å². The fraction of sp³-hybridized carbons (Fsp3) is 0.300. The van der Waals surface area contributed by atoms with Crippen molar-refractivity contribution in [2.24, 2.45) is 0 Å². The minimum Gasteiger partial charge on any atom is -0.497 e. The number of hydrogen-bond donors (Lipinski definition) is 1. The van der Waals surface area contributed by atoms with E-state index in [-0.39, 0.29) is 23.1 Å². The summed E-state index contributed by atoms with van der Waals surface area (Å²) < 4.78 is 15.8. The van der Waals surface area contributed by atoms with Gasteiger partial charge in [-0.15, -0.1) is 0 Å². The highest BCUT2D eigenvalue weighted by Crippen LogP contribution is 2.23. The van der Waals surface area contributed by atoms with Gasteiger partial charge in [0.15, 0.2) is 6.10 Å². The number of hydrogen-bond acceptors (Lipinski definition) is 5. The van der Waals surface area contributed by atoms with E-state index in [1.165, 1.54) is 12.1 Å². The topological polar surface area (TPSA) is 73.9 Å². The van der Waals surface area contributed by atoms with Crippen LogP contribution in [0.5, 0.6) is 11.5 Å². The average molecular weight is 392 g/mol. The van der Waals surface area contributed by atoms with E-state index in [1.54, 1.807) is 44.4 Å². The molecule has 1 atom stereocenters. The fourth-order valence-electron chi connectivity index (χ4n) is 2.33. The van der Waals surface area contributed by atoms with Crippen LogP contribution >= 0.6 is 11.6 Å². The highest BCUT2D eigenvalue weighted by molar-refractivity contribution is 6.34. The molecule has 1 amide bonds. The molecule has 0 spiro atoms. The van der Waals surface area contributed by atoms with Crippen LogP contribution in [0.15, 0.2) is 42.5 Å². The molecule has 2 aromatic rings. The number of benzene rings is 2. The van der Waals surface area contributed by atoms with Gasteiger partial charge in [-0.3, -0.25) is 4.79 Å². The highest BCUT2D eigenvalue weighted by Gasteiger charge is 2.20. The second-order valence-electron chi connectivity index (χ2n) is 5.59. The van der Waals surface area contributed by atoms with Crippen molar-refractivity contribution in [1.82, 2.24) is 0 Å². The Morgan fingerprint density at radius 3 is 2.30 bits per heavy atom. The Balaban J connectivity index is 2.05. The lowest BCUT2D eigenvalue weighted by molar-refractivity contribution is -0.122. The summed E-state index contributed by atoms with van der Waals surface area (Å²) in [6.07, 6.45) is -0.200. The number of amides is 1. The first-order valence-corrected chi connectivity index (χ1v) is 8.94. The smallest absolute Gasteiger partial charge is 0.339 e. The molecule has 0 aliphatic rings. The summed E-state index contributed by atoms with van der Waals surface area (Å²) in [6.45, 7) is 3.83. The van der Waals surface area contributed by atoms with Crippen LogP contribution in [0.3, 0.4) is 0 Å². The van der Waals surface area contributed by atoms with Gasteiger partial charge in [0, 0.05) is 5.69 Å². The van der Waals surface area contributed by atoms with Gasteiger partial charge in [0.25, 0.3) is 5.91 Å². The first-order chi connectivity index (χ1) is 13.0. The van der Waals surface area contributed by atoms with E-state index >= 15 is 0 Å². The molecule has 1 N–H and O–H groups in total. The van der Waals surface area contributed by atoms with Crippen molar-refractivity contribution < 1.29 is 23.8 Å². The molecule has 144 valence electrons. The summed E-state index contributed by atoms with van der Waals surface area (Å²) in [5.74, 6) is 0.451. The number of rotatable bonds is 8. The summed E-state index contributed by atoms with van der Waals surface area (Å²) in [7, 11) is 1.58. The van der Waals surface area contributed by atoms with Crippen molar-refractivity contribution in [3.8, 4) is 11.5 Å². The maximum Gasteiger partial charge on any atom is 0.339 e. The van der Waals surface area contributed by atoms with Crippen LogP contribution in [-0.2, 0) is 9.53 Å². The van der Waals surface area contributed by atoms with Gasteiger partial charge in [-0.2, -0.15) is 0 Å². The number of halogens is 1. The monoisotopic (exact) mass is 391 g/mol. The van der Waals surface area contributed by atoms with Gasteiger partial charge >= 0.3 is 5.97 Å². The first-order valence-electron chi connectivity index (χ1n) is 8.56. The Hall–Kier alpha value is -2.73. The van der Waals surface area contributed by atoms with E-state index in [2.05, 4.69) is 5.32 Å². The average Bonchev–Trinajstić information content (AvgIpc) is 2.66. The molecular weight excluding hydrogens is 370 g/mol. The quantitative estimate of drug-likeness (QED) is 0.678. The Labute approximate surface area is 163 Å². The van der Waals surface area contributed by atoms with Crippen LogP contribution in [0.2, 0.25) is 5.02 Å². The maximum atomic E-state index is 12.5. The first kappa shape index (κ1) is 20.6. The summed E-state index contributed by atoms with van der Waals surface area (Å²) in [5.41, 5.74) is 0.716. The number of ether oxygens (including phenoxy) is 3. The Kier molecular flexibility index (Phi) is 7.49. The summed E-state index contributed by atoms with van der Waals surface area (Å²) >= 11 is 6.12. The molecule has 0 bridgehead atoms. The molecule has 0 heterocycles. The molecule has 0 radical (unpaired) electrons. The normalized spacial score (nSPS) is 11.4. The van der Waals surface area contributed by atoms with Gasteiger partial charge < -0.3 is 19.5 Å². The second-order valence-corrected chi connectivity index (χ2v) is 6.00. The highest BCUT2D eigenvalue weighted by atomic mass is 35.5. The fourth-order valence-corrected chi connectivity index (χ4v) is 2.59. The van der Waals surface area contributed by atoms with Gasteiger partial charge in [0.1, 0.15) is 11.5 Å². The number of esters is 1. The van der Waals surface area contributed by atoms with E-state index in [0.717, 1.165) is 0 Å². The van der Waals surface area contributed by atoms with Crippen molar-refractivity contribution in [2.75, 3.05) is 19.0 Å². The van der Waals surface area contributed by atoms with E-state index in [4.69, 9.17) is 25.8 Å². The number of carbonyl (C=O) groups is 2. The van der Waals surface area contributed by atoms with Gasteiger partial charge in [-0.05, 0) is 55.8 Å². The van der Waals surface area contributed by atoms with Gasteiger partial charge in [-0.25, -0.2) is 4.79 Å². The lowest BCUT2D eigenvalue weighted by atomic mass is 10.2. The van der Waals surface area contributed by atoms with Gasteiger partial charge in [-0.1, -0.05) is 18.5 Å². The van der Waals surface area contributed by atoms with Crippen LogP contribution in [0.4, 0.5) is 5.69 Å². The summed E-state index contributed by atoms with van der Waals surface area (Å²) in [5, 5.41) is 2.95. The van der Waals surface area contributed by atoms with E-state index in [0.29, 0.717) is 23.6 Å². The predicted octanol–water partition coefficient (Wildman–Crippen LogP) is 4.32. The minimum absolute atomic E-state index is 0.204. The third-order valence-corrected chi connectivity index (χ3v) is 4.05. The number of methoxy groups -OCH3 is 1. The molecule has 0 saturated heterocycles. The zero-order chi connectivity index (χ0) is 19.8. The molecule has 0 aliphatic carbocycles. The Morgan fingerprint density at radius 1 is 1.07 bits per heavy atom. The SMILES string of the molecule is CCOC(=O)c1ccc(NC(=O)[C@H](CC)Oc2ccc(OC)cc2)cc1Cl. The van der Waals surface area contributed by atoms with Crippen molar-refractivity contribution in [3.05, 3.63) is 53.1 Å². The molecular formula is C20H22ClNO5. The maximum absolute atomic E-state index is 12.5. The molecule has 0 fully saturated rings. The van der Waals surface area contributed by atoms with Crippen LogP contribution in [0, 0.1) is 0 Å². The lowest BCUT2D eigenvalue weighted by Crippen LogP contribution is -2.32. The molecule has 6 nitrogen and oxygen atoms in total. The van der Waals surface area contributed by atoms with Crippen LogP contribution in [0.1, 0.15) is 30.6 Å². The minimum atomic E-state index is -0.679. The zero-order valence-electron chi connectivity index (χ0n) is 15.5. The van der Waals surface area contributed by atoms with Crippen molar-refractivity contribution in [2.45, 2.75) is 26.4 Å².